The first kappa shape index (κ1) is 20.3. The van der Waals surface area contributed by atoms with Crippen LogP contribution in [0.3, 0.4) is 0 Å². The van der Waals surface area contributed by atoms with Crippen molar-refractivity contribution >= 4 is 28.9 Å². The van der Waals surface area contributed by atoms with Crippen LogP contribution in [0.4, 0.5) is 28.9 Å². The quantitative estimate of drug-likeness (QED) is 0.712. The highest BCUT2D eigenvalue weighted by atomic mass is 35.5. The lowest BCUT2D eigenvalue weighted by Crippen LogP contribution is -2.30. The number of alkyl halides is 3. The third kappa shape index (κ3) is 4.90. The van der Waals surface area contributed by atoms with E-state index in [0.29, 0.717) is 31.4 Å². The number of carbonyl (C=O) groups excluding carboxylic acids is 1. The molecule has 0 unspecified atom stereocenters. The van der Waals surface area contributed by atoms with Crippen molar-refractivity contribution in [2.75, 3.05) is 18.5 Å². The molecule has 1 aromatic carbocycles. The maximum Gasteiger partial charge on any atom is 0.418 e. The number of amides is 1. The minimum Gasteiger partial charge on any atom is -0.381 e. The summed E-state index contributed by atoms with van der Waals surface area (Å²) in [5.41, 5.74) is -0.899. The minimum absolute atomic E-state index is 0.0821. The van der Waals surface area contributed by atoms with E-state index in [2.05, 4.69) is 15.6 Å². The molecule has 0 aliphatic carbocycles. The van der Waals surface area contributed by atoms with Gasteiger partial charge in [-0.25, -0.2) is 4.39 Å². The van der Waals surface area contributed by atoms with Crippen LogP contribution in [0, 0.1) is 11.7 Å². The number of aromatic nitrogens is 1. The number of nitrogens with zero attached hydrogens (tertiary/aromatic N) is 1. The van der Waals surface area contributed by atoms with Crippen LogP contribution >= 0.6 is 11.6 Å². The van der Waals surface area contributed by atoms with Crippen LogP contribution in [0.15, 0.2) is 30.5 Å². The van der Waals surface area contributed by atoms with Crippen molar-refractivity contribution in [1.29, 1.82) is 0 Å². The molecule has 1 aromatic heterocycles. The van der Waals surface area contributed by atoms with Gasteiger partial charge >= 0.3 is 6.18 Å². The standard InChI is InChI=1S/C18H16ClF4N3O2/c19-14-6-12(26-15-2-1-11(20)5-13(15)18(21,22)23)7-24-16(14)8-25-17(27)10-3-4-28-9-10/h1-2,5-7,10,26H,3-4,8-9H2,(H,25,27)/t10-/m1/s1. The Bertz CT molecular complexity index is 870. The van der Waals surface area contributed by atoms with Crippen LogP contribution in [0.2, 0.25) is 5.02 Å². The van der Waals surface area contributed by atoms with E-state index in [9.17, 15) is 22.4 Å². The molecule has 0 radical (unpaired) electrons. The van der Waals surface area contributed by atoms with Crippen molar-refractivity contribution in [3.8, 4) is 0 Å². The number of carbonyl (C=O) groups is 1. The van der Waals surface area contributed by atoms with Gasteiger partial charge in [-0.1, -0.05) is 11.6 Å². The van der Waals surface area contributed by atoms with Gasteiger partial charge < -0.3 is 15.4 Å². The topological polar surface area (TPSA) is 63.2 Å². The highest BCUT2D eigenvalue weighted by molar-refractivity contribution is 6.31. The monoisotopic (exact) mass is 417 g/mol. The minimum atomic E-state index is -4.73. The number of rotatable bonds is 5. The van der Waals surface area contributed by atoms with Crippen LogP contribution in [-0.2, 0) is 22.3 Å². The van der Waals surface area contributed by atoms with Crippen LogP contribution < -0.4 is 10.6 Å². The summed E-state index contributed by atoms with van der Waals surface area (Å²) in [5, 5.41) is 5.43. The molecule has 1 atom stereocenters. The summed E-state index contributed by atoms with van der Waals surface area (Å²) < 4.78 is 57.6. The molecule has 2 heterocycles. The van der Waals surface area contributed by atoms with E-state index in [1.54, 1.807) is 0 Å². The molecule has 10 heteroatoms. The van der Waals surface area contributed by atoms with Gasteiger partial charge in [-0.2, -0.15) is 13.2 Å². The number of ether oxygens (including phenoxy) is 1. The third-order valence-electron chi connectivity index (χ3n) is 4.21. The van der Waals surface area contributed by atoms with E-state index in [1.807, 2.05) is 0 Å². The largest absolute Gasteiger partial charge is 0.418 e. The average Bonchev–Trinajstić information content (AvgIpc) is 3.16. The van der Waals surface area contributed by atoms with Crippen molar-refractivity contribution in [2.45, 2.75) is 19.1 Å². The molecule has 1 amide bonds. The van der Waals surface area contributed by atoms with Gasteiger partial charge in [-0.05, 0) is 30.7 Å². The lowest BCUT2D eigenvalue weighted by Gasteiger charge is -2.15. The van der Waals surface area contributed by atoms with Crippen molar-refractivity contribution in [3.05, 3.63) is 52.6 Å². The SMILES string of the molecule is O=C(NCc1ncc(Nc2ccc(F)cc2C(F)(F)F)cc1Cl)[C@@H]1CCOC1. The second kappa shape index (κ2) is 8.32. The number of benzene rings is 1. The molecule has 150 valence electrons. The van der Waals surface area contributed by atoms with Gasteiger partial charge in [0.25, 0.3) is 0 Å². The molecule has 1 saturated heterocycles. The molecule has 0 saturated carbocycles. The fraction of sp³-hybridized carbons (Fsp3) is 0.333. The lowest BCUT2D eigenvalue weighted by atomic mass is 10.1. The Morgan fingerprint density at radius 3 is 2.75 bits per heavy atom. The normalized spacial score (nSPS) is 16.8. The third-order valence-corrected chi connectivity index (χ3v) is 4.54. The number of nitrogens with one attached hydrogen (secondary N) is 2. The summed E-state index contributed by atoms with van der Waals surface area (Å²) in [7, 11) is 0. The number of pyridine rings is 1. The van der Waals surface area contributed by atoms with E-state index in [0.717, 1.165) is 12.1 Å². The highest BCUT2D eigenvalue weighted by Crippen LogP contribution is 2.36. The molecule has 0 spiro atoms. The molecule has 1 aliphatic rings. The van der Waals surface area contributed by atoms with Gasteiger partial charge in [0.2, 0.25) is 5.91 Å². The zero-order valence-electron chi connectivity index (χ0n) is 14.4. The molecule has 28 heavy (non-hydrogen) atoms. The van der Waals surface area contributed by atoms with Gasteiger partial charge in [0, 0.05) is 6.61 Å². The fourth-order valence-corrected chi connectivity index (χ4v) is 2.97. The summed E-state index contributed by atoms with van der Waals surface area (Å²) in [6.45, 7) is 0.995. The zero-order chi connectivity index (χ0) is 20.3. The van der Waals surface area contributed by atoms with E-state index in [4.69, 9.17) is 16.3 Å². The van der Waals surface area contributed by atoms with Crippen molar-refractivity contribution in [3.63, 3.8) is 0 Å². The van der Waals surface area contributed by atoms with Gasteiger partial charge in [0.05, 0.1) is 52.9 Å². The smallest absolute Gasteiger partial charge is 0.381 e. The van der Waals surface area contributed by atoms with Gasteiger partial charge in [0.1, 0.15) is 5.82 Å². The summed E-state index contributed by atoms with van der Waals surface area (Å²) in [6.07, 6.45) is -2.79. The van der Waals surface area contributed by atoms with Crippen LogP contribution in [0.25, 0.3) is 0 Å². The van der Waals surface area contributed by atoms with Crippen molar-refractivity contribution in [2.24, 2.45) is 5.92 Å². The maximum absolute atomic E-state index is 13.2. The van der Waals surface area contributed by atoms with E-state index in [-0.39, 0.29) is 34.8 Å². The first-order valence-electron chi connectivity index (χ1n) is 8.37. The molecule has 1 fully saturated rings. The van der Waals surface area contributed by atoms with Crippen LogP contribution in [0.5, 0.6) is 0 Å². The lowest BCUT2D eigenvalue weighted by molar-refractivity contribution is -0.137. The molecular formula is C18H16ClF4N3O2. The van der Waals surface area contributed by atoms with Crippen LogP contribution in [-0.4, -0.2) is 24.1 Å². The number of hydrogen-bond acceptors (Lipinski definition) is 4. The first-order chi connectivity index (χ1) is 13.2. The second-order valence-corrected chi connectivity index (χ2v) is 6.65. The molecule has 3 rings (SSSR count). The van der Waals surface area contributed by atoms with E-state index >= 15 is 0 Å². The van der Waals surface area contributed by atoms with E-state index in [1.165, 1.54) is 12.3 Å². The zero-order valence-corrected chi connectivity index (χ0v) is 15.2. The predicted octanol–water partition coefficient (Wildman–Crippen LogP) is 4.29. The molecule has 5 nitrogen and oxygen atoms in total. The Labute approximate surface area is 163 Å². The fourth-order valence-electron chi connectivity index (χ4n) is 2.74. The Balaban J connectivity index is 1.70. The first-order valence-corrected chi connectivity index (χ1v) is 8.75. The Morgan fingerprint density at radius 1 is 1.32 bits per heavy atom. The van der Waals surface area contributed by atoms with Gasteiger partial charge in [-0.3, -0.25) is 9.78 Å². The number of anilines is 2. The van der Waals surface area contributed by atoms with Crippen molar-refractivity contribution in [1.82, 2.24) is 10.3 Å². The Hall–Kier alpha value is -2.39. The predicted molar refractivity (Wildman–Crippen MR) is 94.7 cm³/mol. The van der Waals surface area contributed by atoms with Crippen LogP contribution in [0.1, 0.15) is 17.7 Å². The van der Waals surface area contributed by atoms with Gasteiger partial charge in [-0.15, -0.1) is 0 Å². The summed E-state index contributed by atoms with van der Waals surface area (Å²) in [4.78, 5) is 16.1. The Morgan fingerprint density at radius 2 is 2.11 bits per heavy atom. The summed E-state index contributed by atoms with van der Waals surface area (Å²) in [6, 6.07) is 3.71. The van der Waals surface area contributed by atoms with Gasteiger partial charge in [0.15, 0.2) is 0 Å². The van der Waals surface area contributed by atoms with Crippen molar-refractivity contribution < 1.29 is 27.1 Å². The number of hydrogen-bond donors (Lipinski definition) is 2. The number of halogens is 5. The average molecular weight is 418 g/mol. The summed E-state index contributed by atoms with van der Waals surface area (Å²) in [5.74, 6) is -1.37. The molecule has 0 bridgehead atoms. The van der Waals surface area contributed by atoms with E-state index < -0.39 is 17.6 Å². The molecular weight excluding hydrogens is 402 g/mol. The highest BCUT2D eigenvalue weighted by Gasteiger charge is 2.34. The summed E-state index contributed by atoms with van der Waals surface area (Å²) >= 11 is 6.13. The molecule has 2 N–H and O–H groups in total. The second-order valence-electron chi connectivity index (χ2n) is 6.24. The molecule has 1 aliphatic heterocycles. The molecule has 2 aromatic rings. The Kier molecular flexibility index (Phi) is 6.04. The maximum atomic E-state index is 13.2.